The molecule has 0 aliphatic carbocycles. The molecule has 6 nitrogen and oxygen atoms in total. The minimum absolute atomic E-state index is 0.0303. The summed E-state index contributed by atoms with van der Waals surface area (Å²) in [5.74, 6) is 0. The van der Waals surface area contributed by atoms with E-state index in [4.69, 9.17) is 5.73 Å². The molecule has 2 heterocycles. The lowest BCUT2D eigenvalue weighted by Gasteiger charge is -2.19. The second-order valence-electron chi connectivity index (χ2n) is 10.5. The number of aryl methyl sites for hydroxylation is 2. The first-order chi connectivity index (χ1) is 14.7. The molecule has 0 amide bonds. The molecule has 0 atom stereocenters. The highest BCUT2D eigenvalue weighted by Gasteiger charge is 2.20. The minimum Gasteiger partial charge on any atom is -0.399 e. The molecular weight excluding hydrogens is 400 g/mol. The molecule has 4 rings (SSSR count). The van der Waals surface area contributed by atoms with Gasteiger partial charge in [-0.1, -0.05) is 41.5 Å². The number of nitro groups is 1. The van der Waals surface area contributed by atoms with Crippen LogP contribution in [-0.2, 0) is 24.9 Å². The Morgan fingerprint density at radius 2 is 1.19 bits per heavy atom. The number of nitrogen functional groups attached to an aromatic ring is 1. The zero-order valence-corrected chi connectivity index (χ0v) is 20.4. The molecule has 0 radical (unpaired) electrons. The Labute approximate surface area is 189 Å². The van der Waals surface area contributed by atoms with Gasteiger partial charge in [0, 0.05) is 75.9 Å². The summed E-state index contributed by atoms with van der Waals surface area (Å²) in [5, 5.41) is 12.9. The predicted molar refractivity (Wildman–Crippen MR) is 134 cm³/mol. The van der Waals surface area contributed by atoms with Crippen LogP contribution in [0.2, 0.25) is 0 Å². The van der Waals surface area contributed by atoms with Crippen molar-refractivity contribution < 1.29 is 4.92 Å². The predicted octanol–water partition coefficient (Wildman–Crippen LogP) is 6.44. The number of aromatic nitrogens is 2. The summed E-state index contributed by atoms with van der Waals surface area (Å²) in [7, 11) is 4.11. The summed E-state index contributed by atoms with van der Waals surface area (Å²) < 4.78 is 4.34. The van der Waals surface area contributed by atoms with E-state index in [0.29, 0.717) is 0 Å². The quantitative estimate of drug-likeness (QED) is 0.213. The summed E-state index contributed by atoms with van der Waals surface area (Å²) in [6.45, 7) is 13.1. The van der Waals surface area contributed by atoms with Gasteiger partial charge in [0.1, 0.15) is 0 Å². The van der Waals surface area contributed by atoms with Gasteiger partial charge in [0.15, 0.2) is 0 Å². The SMILES string of the molecule is Cn1c(C(C)(C)C)cc2cc(N)ccc21.Cn1c(C(C)(C)C)cc2cc([N+](=O)[O-])ccc21. The molecule has 0 fully saturated rings. The standard InChI is InChI=1S/C13H16N2O2.C13H18N2/c1-13(2,3)12-8-9-7-10(15(16)17)5-6-11(9)14(12)4;1-13(2,3)12-8-9-7-10(14)5-6-11(9)15(12)4/h5-8H,1-4H3;5-8H,14H2,1-4H3. The van der Waals surface area contributed by atoms with Crippen LogP contribution in [0.1, 0.15) is 52.9 Å². The maximum Gasteiger partial charge on any atom is 0.270 e. The number of hydrogen-bond donors (Lipinski definition) is 1. The Hall–Kier alpha value is -3.28. The van der Waals surface area contributed by atoms with Gasteiger partial charge < -0.3 is 14.9 Å². The van der Waals surface area contributed by atoms with E-state index in [9.17, 15) is 10.1 Å². The fourth-order valence-corrected chi connectivity index (χ4v) is 4.26. The lowest BCUT2D eigenvalue weighted by Crippen LogP contribution is -2.15. The van der Waals surface area contributed by atoms with Crippen molar-refractivity contribution >= 4 is 33.2 Å². The second kappa shape index (κ2) is 8.01. The lowest BCUT2D eigenvalue weighted by atomic mass is 9.92. The van der Waals surface area contributed by atoms with Crippen molar-refractivity contribution in [3.8, 4) is 0 Å². The van der Waals surface area contributed by atoms with Crippen LogP contribution in [0.3, 0.4) is 0 Å². The number of nitrogens with two attached hydrogens (primary N) is 1. The topological polar surface area (TPSA) is 79.0 Å². The van der Waals surface area contributed by atoms with E-state index in [1.54, 1.807) is 12.1 Å². The van der Waals surface area contributed by atoms with E-state index >= 15 is 0 Å². The van der Waals surface area contributed by atoms with E-state index in [1.165, 1.54) is 22.3 Å². The molecule has 2 N–H and O–H groups in total. The van der Waals surface area contributed by atoms with Crippen LogP contribution >= 0.6 is 0 Å². The van der Waals surface area contributed by atoms with Gasteiger partial charge in [0.2, 0.25) is 0 Å². The van der Waals surface area contributed by atoms with Crippen molar-refractivity contribution in [2.75, 3.05) is 5.73 Å². The van der Waals surface area contributed by atoms with Crippen LogP contribution in [0.5, 0.6) is 0 Å². The molecule has 6 heteroatoms. The molecule has 0 spiro atoms. The van der Waals surface area contributed by atoms with Crippen molar-refractivity contribution in [2.24, 2.45) is 14.1 Å². The first-order valence-corrected chi connectivity index (χ1v) is 10.8. The number of non-ortho nitro benzene ring substituents is 1. The number of hydrogen-bond acceptors (Lipinski definition) is 3. The van der Waals surface area contributed by atoms with E-state index < -0.39 is 0 Å². The van der Waals surface area contributed by atoms with Gasteiger partial charge in [-0.3, -0.25) is 10.1 Å². The van der Waals surface area contributed by atoms with E-state index in [-0.39, 0.29) is 21.4 Å². The zero-order valence-electron chi connectivity index (χ0n) is 20.4. The summed E-state index contributed by atoms with van der Waals surface area (Å²) >= 11 is 0. The van der Waals surface area contributed by atoms with Gasteiger partial charge in [-0.2, -0.15) is 0 Å². The fourth-order valence-electron chi connectivity index (χ4n) is 4.26. The number of benzene rings is 2. The van der Waals surface area contributed by atoms with Crippen molar-refractivity contribution in [3.05, 3.63) is 70.0 Å². The highest BCUT2D eigenvalue weighted by molar-refractivity contribution is 5.85. The van der Waals surface area contributed by atoms with Crippen molar-refractivity contribution in [1.82, 2.24) is 9.13 Å². The lowest BCUT2D eigenvalue weighted by molar-refractivity contribution is -0.384. The first-order valence-electron chi connectivity index (χ1n) is 10.8. The van der Waals surface area contributed by atoms with Gasteiger partial charge in [-0.15, -0.1) is 0 Å². The average Bonchev–Trinajstić information content (AvgIpc) is 3.19. The Morgan fingerprint density at radius 3 is 1.62 bits per heavy atom. The fraction of sp³-hybridized carbons (Fsp3) is 0.385. The largest absolute Gasteiger partial charge is 0.399 e. The summed E-state index contributed by atoms with van der Waals surface area (Å²) in [5.41, 5.74) is 11.7. The van der Waals surface area contributed by atoms with Crippen LogP contribution in [0.15, 0.2) is 48.5 Å². The maximum atomic E-state index is 10.7. The van der Waals surface area contributed by atoms with Crippen LogP contribution in [0.25, 0.3) is 21.8 Å². The van der Waals surface area contributed by atoms with E-state index in [0.717, 1.165) is 16.6 Å². The van der Waals surface area contributed by atoms with Crippen molar-refractivity contribution in [2.45, 2.75) is 52.4 Å². The Morgan fingerprint density at radius 1 is 0.750 bits per heavy atom. The van der Waals surface area contributed by atoms with E-state index in [2.05, 4.69) is 69.9 Å². The number of fused-ring (bicyclic) bond motifs is 2. The molecular formula is C26H34N4O2. The molecule has 0 aliphatic heterocycles. The van der Waals surface area contributed by atoms with Crippen molar-refractivity contribution in [3.63, 3.8) is 0 Å². The van der Waals surface area contributed by atoms with Crippen LogP contribution < -0.4 is 5.73 Å². The molecule has 0 aliphatic rings. The minimum atomic E-state index is -0.358. The highest BCUT2D eigenvalue weighted by Crippen LogP contribution is 2.31. The molecule has 2 aromatic carbocycles. The van der Waals surface area contributed by atoms with Crippen molar-refractivity contribution in [1.29, 1.82) is 0 Å². The Bertz CT molecular complexity index is 1300. The van der Waals surface area contributed by atoms with Crippen LogP contribution in [0.4, 0.5) is 11.4 Å². The summed E-state index contributed by atoms with van der Waals surface area (Å²) in [6.07, 6.45) is 0. The van der Waals surface area contributed by atoms with Crippen LogP contribution in [0, 0.1) is 10.1 Å². The molecule has 4 aromatic rings. The third kappa shape index (κ3) is 4.49. The number of anilines is 1. The molecule has 0 bridgehead atoms. The third-order valence-corrected chi connectivity index (χ3v) is 5.84. The molecule has 32 heavy (non-hydrogen) atoms. The van der Waals surface area contributed by atoms with Gasteiger partial charge in [-0.25, -0.2) is 0 Å². The molecule has 170 valence electrons. The first kappa shape index (κ1) is 23.4. The molecule has 0 unspecified atom stereocenters. The zero-order chi connectivity index (χ0) is 24.0. The Balaban J connectivity index is 0.000000182. The maximum absolute atomic E-state index is 10.7. The van der Waals surface area contributed by atoms with Gasteiger partial charge in [-0.05, 0) is 36.4 Å². The third-order valence-electron chi connectivity index (χ3n) is 5.84. The van der Waals surface area contributed by atoms with Gasteiger partial charge >= 0.3 is 0 Å². The van der Waals surface area contributed by atoms with Crippen LogP contribution in [-0.4, -0.2) is 14.1 Å². The molecule has 2 aromatic heterocycles. The average molecular weight is 435 g/mol. The smallest absolute Gasteiger partial charge is 0.270 e. The number of rotatable bonds is 1. The monoisotopic (exact) mass is 434 g/mol. The molecule has 0 saturated heterocycles. The highest BCUT2D eigenvalue weighted by atomic mass is 16.6. The molecule has 0 saturated carbocycles. The van der Waals surface area contributed by atoms with E-state index in [1.807, 2.05) is 31.3 Å². The second-order valence-corrected chi connectivity index (χ2v) is 10.5. The van der Waals surface area contributed by atoms with Gasteiger partial charge in [0.05, 0.1) is 4.92 Å². The number of nitro benzene ring substituents is 1. The number of nitrogens with zero attached hydrogens (tertiary/aromatic N) is 3. The summed E-state index contributed by atoms with van der Waals surface area (Å²) in [4.78, 5) is 10.4. The Kier molecular flexibility index (Phi) is 5.85. The summed E-state index contributed by atoms with van der Waals surface area (Å²) in [6, 6.07) is 15.3. The van der Waals surface area contributed by atoms with Gasteiger partial charge in [0.25, 0.3) is 5.69 Å². The normalized spacial score (nSPS) is 12.1.